The molecule has 0 aliphatic carbocycles. The van der Waals surface area contributed by atoms with Crippen molar-refractivity contribution in [1.29, 1.82) is 0 Å². The summed E-state index contributed by atoms with van der Waals surface area (Å²) in [5.74, 6) is 0.710. The summed E-state index contributed by atoms with van der Waals surface area (Å²) < 4.78 is 5.58. The van der Waals surface area contributed by atoms with Crippen LogP contribution in [-0.4, -0.2) is 17.5 Å². The Morgan fingerprint density at radius 2 is 1.96 bits per heavy atom. The van der Waals surface area contributed by atoms with Crippen LogP contribution in [0.25, 0.3) is 11.3 Å². The van der Waals surface area contributed by atoms with Crippen LogP contribution in [0.5, 0.6) is 5.75 Å². The van der Waals surface area contributed by atoms with Crippen LogP contribution in [0.3, 0.4) is 0 Å². The Balaban J connectivity index is 1.62. The minimum Gasteiger partial charge on any atom is -0.494 e. The number of ether oxygens (including phenoxy) is 1. The van der Waals surface area contributed by atoms with Gasteiger partial charge in [-0.15, -0.1) is 11.3 Å². The van der Waals surface area contributed by atoms with E-state index in [0.29, 0.717) is 16.8 Å². The fourth-order valence-corrected chi connectivity index (χ4v) is 3.32. The predicted molar refractivity (Wildman–Crippen MR) is 107 cm³/mol. The van der Waals surface area contributed by atoms with Gasteiger partial charge in [-0.2, -0.15) is 0 Å². The third-order valence-corrected chi connectivity index (χ3v) is 4.81. The van der Waals surface area contributed by atoms with Crippen molar-refractivity contribution in [3.63, 3.8) is 0 Å². The lowest BCUT2D eigenvalue weighted by atomic mass is 10.1. The van der Waals surface area contributed by atoms with Gasteiger partial charge in [-0.25, -0.2) is 4.98 Å². The van der Waals surface area contributed by atoms with Crippen molar-refractivity contribution >= 4 is 34.0 Å². The molecule has 0 aliphatic heterocycles. The molecular weight excluding hydrogens is 368 g/mol. The summed E-state index contributed by atoms with van der Waals surface area (Å²) in [5.41, 5.74) is 2.60. The molecule has 4 nitrogen and oxygen atoms in total. The van der Waals surface area contributed by atoms with Crippen LogP contribution >= 0.6 is 22.9 Å². The largest absolute Gasteiger partial charge is 0.494 e. The molecule has 0 fully saturated rings. The van der Waals surface area contributed by atoms with Gasteiger partial charge in [-0.05, 0) is 42.3 Å². The summed E-state index contributed by atoms with van der Waals surface area (Å²) in [6.45, 7) is 2.78. The summed E-state index contributed by atoms with van der Waals surface area (Å²) in [4.78, 5) is 16.7. The van der Waals surface area contributed by atoms with E-state index in [1.54, 1.807) is 6.07 Å². The van der Waals surface area contributed by atoms with Crippen LogP contribution in [0.2, 0.25) is 5.02 Å². The lowest BCUT2D eigenvalue weighted by Crippen LogP contribution is -2.14. The Morgan fingerprint density at radius 1 is 1.19 bits per heavy atom. The smallest absolute Gasteiger partial charge is 0.230 e. The number of hydrogen-bond acceptors (Lipinski definition) is 4. The zero-order chi connectivity index (χ0) is 18.4. The number of anilines is 1. The Labute approximate surface area is 161 Å². The first-order chi connectivity index (χ1) is 12.7. The lowest BCUT2D eigenvalue weighted by molar-refractivity contribution is -0.115. The van der Waals surface area contributed by atoms with Crippen molar-refractivity contribution in [2.45, 2.75) is 19.8 Å². The second-order valence-corrected chi connectivity index (χ2v) is 6.99. The zero-order valence-corrected chi connectivity index (χ0v) is 15.9. The van der Waals surface area contributed by atoms with Gasteiger partial charge in [0.05, 0.1) is 18.7 Å². The van der Waals surface area contributed by atoms with Crippen molar-refractivity contribution in [2.75, 3.05) is 11.9 Å². The summed E-state index contributed by atoms with van der Waals surface area (Å²) in [6, 6.07) is 15.1. The van der Waals surface area contributed by atoms with E-state index in [1.807, 2.05) is 47.8 Å². The molecule has 1 amide bonds. The number of carbonyl (C=O) groups excluding carboxylic acids is 1. The predicted octanol–water partition coefficient (Wildman–Crippen LogP) is 5.43. The SMILES string of the molecule is CCCOc1ccc(-c2csc(NC(=O)Cc3ccccc3Cl)n2)cc1. The molecule has 3 rings (SSSR count). The topological polar surface area (TPSA) is 51.2 Å². The molecule has 0 radical (unpaired) electrons. The first-order valence-corrected chi connectivity index (χ1v) is 9.63. The van der Waals surface area contributed by atoms with Gasteiger partial charge in [0.15, 0.2) is 5.13 Å². The standard InChI is InChI=1S/C20H19ClN2O2S/c1-2-11-25-16-9-7-14(8-10-16)18-13-26-20(22-18)23-19(24)12-15-5-3-4-6-17(15)21/h3-10,13H,2,11-12H2,1H3,(H,22,23,24). The molecule has 0 spiro atoms. The number of halogens is 1. The molecule has 0 saturated carbocycles. The van der Waals surface area contributed by atoms with E-state index in [2.05, 4.69) is 17.2 Å². The van der Waals surface area contributed by atoms with Crippen LogP contribution in [0.15, 0.2) is 53.9 Å². The van der Waals surface area contributed by atoms with E-state index in [9.17, 15) is 4.79 Å². The van der Waals surface area contributed by atoms with Crippen LogP contribution in [0, 0.1) is 0 Å². The Bertz CT molecular complexity index is 878. The molecule has 134 valence electrons. The average molecular weight is 387 g/mol. The Hall–Kier alpha value is -2.37. The lowest BCUT2D eigenvalue weighted by Gasteiger charge is -2.05. The molecule has 1 aromatic heterocycles. The quantitative estimate of drug-likeness (QED) is 0.588. The van der Waals surface area contributed by atoms with E-state index in [0.717, 1.165) is 29.0 Å². The van der Waals surface area contributed by atoms with Crippen molar-refractivity contribution in [1.82, 2.24) is 4.98 Å². The maximum atomic E-state index is 12.2. The van der Waals surface area contributed by atoms with E-state index >= 15 is 0 Å². The Kier molecular flexibility index (Phi) is 6.26. The minimum atomic E-state index is -0.137. The first-order valence-electron chi connectivity index (χ1n) is 8.37. The summed E-state index contributed by atoms with van der Waals surface area (Å²) in [6.07, 6.45) is 1.20. The highest BCUT2D eigenvalue weighted by Gasteiger charge is 2.10. The van der Waals surface area contributed by atoms with Crippen LogP contribution < -0.4 is 10.1 Å². The normalized spacial score (nSPS) is 10.5. The van der Waals surface area contributed by atoms with Crippen molar-refractivity contribution in [3.05, 3.63) is 64.5 Å². The second-order valence-electron chi connectivity index (χ2n) is 5.73. The van der Waals surface area contributed by atoms with Gasteiger partial charge in [0.2, 0.25) is 5.91 Å². The fourth-order valence-electron chi connectivity index (χ4n) is 2.38. The number of carbonyl (C=O) groups is 1. The van der Waals surface area contributed by atoms with E-state index in [4.69, 9.17) is 16.3 Å². The van der Waals surface area contributed by atoms with Gasteiger partial charge >= 0.3 is 0 Å². The van der Waals surface area contributed by atoms with E-state index in [-0.39, 0.29) is 12.3 Å². The number of amides is 1. The molecule has 0 unspecified atom stereocenters. The molecule has 0 bridgehead atoms. The summed E-state index contributed by atoms with van der Waals surface area (Å²) >= 11 is 7.49. The average Bonchev–Trinajstić information content (AvgIpc) is 3.10. The molecule has 1 N–H and O–H groups in total. The molecule has 3 aromatic rings. The van der Waals surface area contributed by atoms with Gasteiger partial charge in [0, 0.05) is 16.0 Å². The number of nitrogens with zero attached hydrogens (tertiary/aromatic N) is 1. The zero-order valence-electron chi connectivity index (χ0n) is 14.4. The van der Waals surface area contributed by atoms with Crippen LogP contribution in [0.4, 0.5) is 5.13 Å². The van der Waals surface area contributed by atoms with Gasteiger partial charge in [0.1, 0.15) is 5.75 Å². The molecule has 0 saturated heterocycles. The third kappa shape index (κ3) is 4.84. The maximum absolute atomic E-state index is 12.2. The number of hydrogen-bond donors (Lipinski definition) is 1. The molecule has 1 heterocycles. The molecule has 0 aliphatic rings. The fraction of sp³-hybridized carbons (Fsp3) is 0.200. The van der Waals surface area contributed by atoms with Crippen LogP contribution in [0.1, 0.15) is 18.9 Å². The third-order valence-electron chi connectivity index (χ3n) is 3.68. The van der Waals surface area contributed by atoms with Gasteiger partial charge in [0.25, 0.3) is 0 Å². The number of thiazole rings is 1. The number of nitrogens with one attached hydrogen (secondary N) is 1. The summed E-state index contributed by atoms with van der Waals surface area (Å²) in [5, 5.41) is 5.92. The van der Waals surface area contributed by atoms with Crippen molar-refractivity contribution in [2.24, 2.45) is 0 Å². The monoisotopic (exact) mass is 386 g/mol. The van der Waals surface area contributed by atoms with E-state index in [1.165, 1.54) is 11.3 Å². The molecule has 26 heavy (non-hydrogen) atoms. The van der Waals surface area contributed by atoms with E-state index < -0.39 is 0 Å². The maximum Gasteiger partial charge on any atom is 0.230 e. The van der Waals surface area contributed by atoms with Crippen molar-refractivity contribution < 1.29 is 9.53 Å². The van der Waals surface area contributed by atoms with Crippen LogP contribution in [-0.2, 0) is 11.2 Å². The minimum absolute atomic E-state index is 0.137. The Morgan fingerprint density at radius 3 is 2.69 bits per heavy atom. The van der Waals surface area contributed by atoms with Gasteiger partial charge in [-0.3, -0.25) is 4.79 Å². The number of rotatable bonds is 7. The number of aromatic nitrogens is 1. The van der Waals surface area contributed by atoms with Gasteiger partial charge < -0.3 is 10.1 Å². The molecule has 0 atom stereocenters. The highest BCUT2D eigenvalue weighted by molar-refractivity contribution is 7.14. The first kappa shape index (κ1) is 18.4. The summed E-state index contributed by atoms with van der Waals surface area (Å²) in [7, 11) is 0. The molecule has 6 heteroatoms. The molecular formula is C20H19ClN2O2S. The van der Waals surface area contributed by atoms with Gasteiger partial charge in [-0.1, -0.05) is 36.7 Å². The molecule has 2 aromatic carbocycles. The highest BCUT2D eigenvalue weighted by atomic mass is 35.5. The highest BCUT2D eigenvalue weighted by Crippen LogP contribution is 2.27. The second kappa shape index (κ2) is 8.83. The number of benzene rings is 2. The van der Waals surface area contributed by atoms with Crippen molar-refractivity contribution in [3.8, 4) is 17.0 Å².